The molecule has 1 unspecified atom stereocenters. The minimum Gasteiger partial charge on any atom is -0.461 e. The van der Waals surface area contributed by atoms with Gasteiger partial charge in [-0.1, -0.05) is 37.3 Å². The molecular weight excluding hydrogens is 516 g/mol. The molecule has 1 aromatic heterocycles. The zero-order valence-corrected chi connectivity index (χ0v) is 24.0. The summed E-state index contributed by atoms with van der Waals surface area (Å²) in [7, 11) is 0. The largest absolute Gasteiger partial charge is 0.461 e. The summed E-state index contributed by atoms with van der Waals surface area (Å²) in [5.41, 5.74) is 10.5. The predicted octanol–water partition coefficient (Wildman–Crippen LogP) is 3.45. The van der Waals surface area contributed by atoms with Crippen LogP contribution in [0.5, 0.6) is 6.01 Å². The van der Waals surface area contributed by atoms with Crippen LogP contribution in [0.1, 0.15) is 49.4 Å². The molecule has 2 N–H and O–H groups in total. The van der Waals surface area contributed by atoms with Crippen molar-refractivity contribution in [2.45, 2.75) is 63.6 Å². The molecule has 3 aromatic rings. The van der Waals surface area contributed by atoms with Crippen LogP contribution in [0.25, 0.3) is 10.8 Å². The highest BCUT2D eigenvalue weighted by Gasteiger charge is 2.45. The number of aromatic nitrogens is 2. The van der Waals surface area contributed by atoms with Crippen LogP contribution in [0.15, 0.2) is 36.4 Å². The van der Waals surface area contributed by atoms with E-state index in [0.29, 0.717) is 38.9 Å². The van der Waals surface area contributed by atoms with E-state index < -0.39 is 12.0 Å². The first kappa shape index (κ1) is 26.5. The van der Waals surface area contributed by atoms with Gasteiger partial charge in [0.15, 0.2) is 6.10 Å². The number of fused-ring (bicyclic) bond motifs is 3. The summed E-state index contributed by atoms with van der Waals surface area (Å²) in [4.78, 5) is 29.2. The van der Waals surface area contributed by atoms with Gasteiger partial charge in [0, 0.05) is 29.7 Å². The number of hydrogen-bond acceptors (Lipinski definition) is 8. The number of nitrogens with zero attached hydrogens (tertiary/aromatic N) is 5. The summed E-state index contributed by atoms with van der Waals surface area (Å²) < 4.78 is 12.1. The number of rotatable bonds is 7. The van der Waals surface area contributed by atoms with E-state index in [4.69, 9.17) is 25.2 Å². The molecule has 0 radical (unpaired) electrons. The Morgan fingerprint density at radius 1 is 1.07 bits per heavy atom. The highest BCUT2D eigenvalue weighted by Crippen LogP contribution is 2.40. The fraction of sp³-hybridized carbons (Fsp3) is 0.531. The van der Waals surface area contributed by atoms with Crippen molar-refractivity contribution >= 4 is 28.2 Å². The average Bonchev–Trinajstić information content (AvgIpc) is 3.59. The van der Waals surface area contributed by atoms with E-state index in [0.717, 1.165) is 49.6 Å². The number of carbonyl (C=O) groups excluding carboxylic acids is 1. The zero-order chi connectivity index (χ0) is 28.0. The smallest absolute Gasteiger partial charge is 0.318 e. The maximum absolute atomic E-state index is 12.0. The van der Waals surface area contributed by atoms with Crippen molar-refractivity contribution < 1.29 is 14.3 Å². The molecule has 3 saturated heterocycles. The predicted molar refractivity (Wildman–Crippen MR) is 160 cm³/mol. The molecule has 0 aliphatic carbocycles. The van der Waals surface area contributed by atoms with E-state index in [1.54, 1.807) is 0 Å². The molecule has 1 atom stereocenters. The van der Waals surface area contributed by atoms with E-state index in [-0.39, 0.29) is 5.54 Å². The molecule has 41 heavy (non-hydrogen) atoms. The molecule has 4 aliphatic heterocycles. The molecular formula is C32H40N6O3. The first-order valence-electron chi connectivity index (χ1n) is 15.2. The molecule has 216 valence electrons. The molecule has 9 heteroatoms. The van der Waals surface area contributed by atoms with Crippen LogP contribution in [-0.2, 0) is 28.9 Å². The van der Waals surface area contributed by atoms with Crippen LogP contribution >= 0.6 is 0 Å². The van der Waals surface area contributed by atoms with Gasteiger partial charge in [-0.25, -0.2) is 0 Å². The minimum absolute atomic E-state index is 0.112. The lowest BCUT2D eigenvalue weighted by molar-refractivity contribution is -0.130. The number of ether oxygens (including phenoxy) is 2. The first-order chi connectivity index (χ1) is 20.0. The van der Waals surface area contributed by atoms with Gasteiger partial charge in [-0.2, -0.15) is 9.97 Å². The summed E-state index contributed by atoms with van der Waals surface area (Å²) in [6, 6.07) is 13.6. The van der Waals surface area contributed by atoms with Crippen molar-refractivity contribution in [3.05, 3.63) is 53.2 Å². The summed E-state index contributed by atoms with van der Waals surface area (Å²) in [5.74, 6) is 0.420. The van der Waals surface area contributed by atoms with Crippen molar-refractivity contribution in [1.29, 1.82) is 0 Å². The molecule has 0 saturated carbocycles. The maximum Gasteiger partial charge on any atom is 0.318 e. The van der Waals surface area contributed by atoms with Gasteiger partial charge in [0.2, 0.25) is 5.91 Å². The number of amides is 1. The molecule has 0 bridgehead atoms. The van der Waals surface area contributed by atoms with Gasteiger partial charge in [0.05, 0.1) is 30.9 Å². The van der Waals surface area contributed by atoms with E-state index in [1.165, 1.54) is 47.7 Å². The van der Waals surface area contributed by atoms with Crippen LogP contribution in [0.4, 0.5) is 11.5 Å². The van der Waals surface area contributed by atoms with Crippen LogP contribution in [0.2, 0.25) is 0 Å². The van der Waals surface area contributed by atoms with Crippen LogP contribution < -0.4 is 20.3 Å². The molecule has 1 amide bonds. The summed E-state index contributed by atoms with van der Waals surface area (Å²) in [6.07, 6.45) is 5.94. The maximum atomic E-state index is 12.0. The Labute approximate surface area is 241 Å². The number of hydrogen-bond donors (Lipinski definition) is 1. The Kier molecular flexibility index (Phi) is 6.95. The first-order valence-corrected chi connectivity index (χ1v) is 15.2. The third-order valence-corrected chi connectivity index (χ3v) is 9.68. The number of benzene rings is 2. The Bertz CT molecular complexity index is 1450. The van der Waals surface area contributed by atoms with Crippen LogP contribution in [-0.4, -0.2) is 78.4 Å². The molecule has 7 rings (SSSR count). The summed E-state index contributed by atoms with van der Waals surface area (Å²) in [6.45, 7) is 8.16. The highest BCUT2D eigenvalue weighted by molar-refractivity contribution is 5.97. The second kappa shape index (κ2) is 10.8. The van der Waals surface area contributed by atoms with Crippen molar-refractivity contribution in [2.24, 2.45) is 5.73 Å². The van der Waals surface area contributed by atoms with Crippen molar-refractivity contribution in [3.63, 3.8) is 0 Å². The second-order valence-corrected chi connectivity index (χ2v) is 12.0. The molecule has 9 nitrogen and oxygen atoms in total. The molecule has 5 heterocycles. The fourth-order valence-corrected chi connectivity index (χ4v) is 7.55. The molecule has 4 aliphatic rings. The van der Waals surface area contributed by atoms with Crippen molar-refractivity contribution in [3.8, 4) is 6.01 Å². The van der Waals surface area contributed by atoms with Gasteiger partial charge in [-0.15, -0.1) is 0 Å². The number of carbonyl (C=O) groups is 1. The number of nitrogens with two attached hydrogens (primary N) is 1. The highest BCUT2D eigenvalue weighted by atomic mass is 16.5. The quantitative estimate of drug-likeness (QED) is 0.473. The average molecular weight is 557 g/mol. The summed E-state index contributed by atoms with van der Waals surface area (Å²) >= 11 is 0. The lowest BCUT2D eigenvalue weighted by Crippen LogP contribution is -2.49. The Hall–Kier alpha value is -3.43. The van der Waals surface area contributed by atoms with E-state index in [9.17, 15) is 4.79 Å². The van der Waals surface area contributed by atoms with Gasteiger partial charge >= 0.3 is 6.01 Å². The number of morpholine rings is 1. The standard InChI is InChI=1S/C32H40N6O3/c1-2-22-7-3-8-23-9-4-10-26(28(22)23)36-16-11-24-25(19-36)34-31(41-21-32-12-5-14-38(32)15-6-13-32)35-30(24)37-17-18-40-27(20-37)29(33)39/h3-4,7-10,27H,2,5-6,11-21H2,1H3,(H2,33,39). The number of aryl methyl sites for hydroxylation is 1. The third-order valence-electron chi connectivity index (χ3n) is 9.68. The Morgan fingerprint density at radius 2 is 1.88 bits per heavy atom. The molecule has 2 aromatic carbocycles. The van der Waals surface area contributed by atoms with Gasteiger partial charge in [0.25, 0.3) is 0 Å². The van der Waals surface area contributed by atoms with Crippen LogP contribution in [0.3, 0.4) is 0 Å². The molecule has 0 spiro atoms. The molecule has 3 fully saturated rings. The third kappa shape index (κ3) is 4.78. The Balaban J connectivity index is 1.24. The van der Waals surface area contributed by atoms with Crippen molar-refractivity contribution in [1.82, 2.24) is 14.9 Å². The second-order valence-electron chi connectivity index (χ2n) is 12.0. The van der Waals surface area contributed by atoms with E-state index >= 15 is 0 Å². The van der Waals surface area contributed by atoms with E-state index in [2.05, 4.69) is 58.0 Å². The van der Waals surface area contributed by atoms with Gasteiger partial charge in [-0.05, 0) is 68.6 Å². The van der Waals surface area contributed by atoms with Crippen molar-refractivity contribution in [2.75, 3.05) is 55.7 Å². The number of anilines is 2. The minimum atomic E-state index is -0.647. The SMILES string of the molecule is CCc1cccc2cccc(N3CCc4c(nc(OCC56CCCN5CCC6)nc4N4CCOC(C(N)=O)C4)C3)c12. The van der Waals surface area contributed by atoms with Gasteiger partial charge in [-0.3, -0.25) is 9.69 Å². The lowest BCUT2D eigenvalue weighted by Gasteiger charge is -2.37. The normalized spacial score (nSPS) is 22.1. The van der Waals surface area contributed by atoms with E-state index in [1.807, 2.05) is 0 Å². The fourth-order valence-electron chi connectivity index (χ4n) is 7.55. The number of primary amides is 1. The summed E-state index contributed by atoms with van der Waals surface area (Å²) in [5, 5.41) is 2.59. The monoisotopic (exact) mass is 556 g/mol. The topological polar surface area (TPSA) is 97.1 Å². The van der Waals surface area contributed by atoms with Crippen LogP contribution in [0, 0.1) is 0 Å². The van der Waals surface area contributed by atoms with Gasteiger partial charge < -0.3 is 25.0 Å². The van der Waals surface area contributed by atoms with Gasteiger partial charge in [0.1, 0.15) is 12.4 Å². The zero-order valence-electron chi connectivity index (χ0n) is 24.0. The Morgan fingerprint density at radius 3 is 2.66 bits per heavy atom. The lowest BCUT2D eigenvalue weighted by atomic mass is 9.95.